The van der Waals surface area contributed by atoms with E-state index in [9.17, 15) is 20.4 Å². The number of fused-ring (bicyclic) bond motifs is 3. The number of aliphatic hydroxyl groups excluding tert-OH is 4. The van der Waals surface area contributed by atoms with Crippen LogP contribution in [0.15, 0.2) is 18.2 Å². The minimum atomic E-state index is -1.47. The Morgan fingerprint density at radius 2 is 2.00 bits per heavy atom. The molecule has 22 heavy (non-hydrogen) atoms. The molecule has 1 saturated heterocycles. The maximum atomic E-state index is 10.4. The molecule has 2 aliphatic rings. The van der Waals surface area contributed by atoms with Crippen LogP contribution in [0.5, 0.6) is 0 Å². The molecular formula is C15H17NO6. The predicted molar refractivity (Wildman–Crippen MR) is 74.7 cm³/mol. The van der Waals surface area contributed by atoms with Crippen LogP contribution in [0, 0.1) is 0 Å². The molecule has 2 aromatic rings. The quantitative estimate of drug-likeness (QED) is 0.483. The number of H-pyrrole nitrogens is 1. The molecule has 7 heteroatoms. The summed E-state index contributed by atoms with van der Waals surface area (Å²) in [6.45, 7) is 0.0259. The van der Waals surface area contributed by atoms with Crippen molar-refractivity contribution in [3.05, 3.63) is 35.0 Å². The van der Waals surface area contributed by atoms with Crippen LogP contribution in [0.25, 0.3) is 10.9 Å². The smallest absolute Gasteiger partial charge is 0.225 e. The van der Waals surface area contributed by atoms with E-state index >= 15 is 0 Å². The Hall–Kier alpha value is -1.48. The van der Waals surface area contributed by atoms with E-state index in [1.807, 2.05) is 12.1 Å². The Kier molecular flexibility index (Phi) is 3.06. The Morgan fingerprint density at radius 3 is 2.77 bits per heavy atom. The monoisotopic (exact) mass is 307 g/mol. The molecule has 1 spiro atoms. The first kappa shape index (κ1) is 14.1. The topological polar surface area (TPSA) is 115 Å². The summed E-state index contributed by atoms with van der Waals surface area (Å²) in [6.07, 6.45) is -3.88. The van der Waals surface area contributed by atoms with Crippen LogP contribution in [0.2, 0.25) is 0 Å². The molecule has 1 fully saturated rings. The third kappa shape index (κ3) is 1.78. The average molecular weight is 307 g/mol. The van der Waals surface area contributed by atoms with Crippen molar-refractivity contribution in [3.63, 3.8) is 0 Å². The number of aromatic nitrogens is 1. The van der Waals surface area contributed by atoms with Gasteiger partial charge in [-0.1, -0.05) is 0 Å². The van der Waals surface area contributed by atoms with Gasteiger partial charge in [0.25, 0.3) is 0 Å². The molecule has 7 nitrogen and oxygen atoms in total. The van der Waals surface area contributed by atoms with Crippen molar-refractivity contribution in [2.24, 2.45) is 0 Å². The van der Waals surface area contributed by atoms with Crippen LogP contribution in [-0.2, 0) is 28.5 Å². The number of hydrogen-bond acceptors (Lipinski definition) is 6. The summed E-state index contributed by atoms with van der Waals surface area (Å²) in [6, 6.07) is 5.55. The number of benzene rings is 1. The summed E-state index contributed by atoms with van der Waals surface area (Å²) in [4.78, 5) is 3.08. The lowest BCUT2D eigenvalue weighted by Crippen LogP contribution is -2.58. The Balaban J connectivity index is 1.84. The van der Waals surface area contributed by atoms with Gasteiger partial charge in [-0.05, 0) is 23.8 Å². The zero-order valence-electron chi connectivity index (χ0n) is 11.7. The van der Waals surface area contributed by atoms with E-state index in [0.29, 0.717) is 11.3 Å². The normalized spacial score (nSPS) is 34.5. The van der Waals surface area contributed by atoms with E-state index in [1.165, 1.54) is 0 Å². The van der Waals surface area contributed by atoms with Crippen molar-refractivity contribution >= 4 is 10.9 Å². The van der Waals surface area contributed by atoms with Gasteiger partial charge >= 0.3 is 0 Å². The van der Waals surface area contributed by atoms with E-state index in [2.05, 4.69) is 4.98 Å². The van der Waals surface area contributed by atoms with Gasteiger partial charge in [0.05, 0.1) is 19.8 Å². The molecule has 0 bridgehead atoms. The van der Waals surface area contributed by atoms with Crippen molar-refractivity contribution in [3.8, 4) is 0 Å². The van der Waals surface area contributed by atoms with Gasteiger partial charge in [0.2, 0.25) is 5.79 Å². The van der Waals surface area contributed by atoms with Gasteiger partial charge in [-0.15, -0.1) is 0 Å². The van der Waals surface area contributed by atoms with Crippen molar-refractivity contribution in [2.75, 3.05) is 6.61 Å². The molecule has 3 heterocycles. The van der Waals surface area contributed by atoms with Gasteiger partial charge in [0.15, 0.2) is 0 Å². The molecular weight excluding hydrogens is 290 g/mol. The molecule has 4 atom stereocenters. The predicted octanol–water partition coefficient (Wildman–Crippen LogP) is -0.544. The van der Waals surface area contributed by atoms with Crippen molar-refractivity contribution in [2.45, 2.75) is 37.3 Å². The largest absolute Gasteiger partial charge is 0.390 e. The summed E-state index contributed by atoms with van der Waals surface area (Å²) >= 11 is 0. The zero-order chi connectivity index (χ0) is 15.5. The second-order valence-corrected chi connectivity index (χ2v) is 5.82. The summed E-state index contributed by atoms with van der Waals surface area (Å²) in [5, 5.41) is 40.1. The minimum Gasteiger partial charge on any atom is -0.390 e. The molecule has 5 N–H and O–H groups in total. The first-order chi connectivity index (χ1) is 10.5. The highest BCUT2D eigenvalue weighted by atomic mass is 16.7. The highest BCUT2D eigenvalue weighted by molar-refractivity contribution is 5.82. The SMILES string of the molecule is OCc1cc2cc3c(cc2[nH]1)C1(OC3)OCC(O)C(O)C1O. The van der Waals surface area contributed by atoms with Gasteiger partial charge in [-0.3, -0.25) is 0 Å². The molecule has 4 rings (SSSR count). The fourth-order valence-corrected chi connectivity index (χ4v) is 3.27. The van der Waals surface area contributed by atoms with E-state index < -0.39 is 24.1 Å². The molecule has 118 valence electrons. The van der Waals surface area contributed by atoms with Crippen LogP contribution < -0.4 is 0 Å². The summed E-state index contributed by atoms with van der Waals surface area (Å²) in [7, 11) is 0. The third-order valence-corrected chi connectivity index (χ3v) is 4.46. The summed E-state index contributed by atoms with van der Waals surface area (Å²) in [5.74, 6) is -1.47. The fraction of sp³-hybridized carbons (Fsp3) is 0.467. The molecule has 1 aromatic heterocycles. The zero-order valence-corrected chi connectivity index (χ0v) is 11.7. The van der Waals surface area contributed by atoms with Gasteiger partial charge in [0, 0.05) is 22.2 Å². The standard InChI is InChI=1S/C15H17NO6/c17-4-9-2-7-1-8-5-21-15(10(8)3-11(7)16-9)14(20)13(19)12(18)6-22-15/h1-3,12-14,16-20H,4-6H2. The maximum absolute atomic E-state index is 10.4. The summed E-state index contributed by atoms with van der Waals surface area (Å²) < 4.78 is 11.3. The molecule has 0 radical (unpaired) electrons. The molecule has 4 unspecified atom stereocenters. The molecule has 0 aliphatic carbocycles. The van der Waals surface area contributed by atoms with Crippen LogP contribution in [0.4, 0.5) is 0 Å². The fourth-order valence-electron chi connectivity index (χ4n) is 3.27. The lowest BCUT2D eigenvalue weighted by atomic mass is 9.90. The van der Waals surface area contributed by atoms with E-state index in [4.69, 9.17) is 9.47 Å². The van der Waals surface area contributed by atoms with E-state index in [0.717, 1.165) is 16.5 Å². The van der Waals surface area contributed by atoms with Crippen molar-refractivity contribution < 1.29 is 29.9 Å². The van der Waals surface area contributed by atoms with Crippen molar-refractivity contribution in [1.82, 2.24) is 4.98 Å². The Morgan fingerprint density at radius 1 is 1.18 bits per heavy atom. The minimum absolute atomic E-state index is 0.0922. The van der Waals surface area contributed by atoms with Crippen LogP contribution in [0.3, 0.4) is 0 Å². The van der Waals surface area contributed by atoms with Crippen LogP contribution in [-0.4, -0.2) is 50.3 Å². The number of aromatic amines is 1. The second-order valence-electron chi connectivity index (χ2n) is 5.82. The molecule has 0 saturated carbocycles. The van der Waals surface area contributed by atoms with Crippen molar-refractivity contribution in [1.29, 1.82) is 0 Å². The summed E-state index contributed by atoms with van der Waals surface area (Å²) in [5.41, 5.74) is 2.95. The van der Waals surface area contributed by atoms with Crippen LogP contribution in [0.1, 0.15) is 16.8 Å². The van der Waals surface area contributed by atoms with Crippen LogP contribution >= 0.6 is 0 Å². The van der Waals surface area contributed by atoms with Gasteiger partial charge in [-0.25, -0.2) is 0 Å². The van der Waals surface area contributed by atoms with Gasteiger partial charge in [0.1, 0.15) is 18.3 Å². The second kappa shape index (κ2) is 4.76. The molecule has 2 aliphatic heterocycles. The number of ether oxygens (including phenoxy) is 2. The number of hydrogen-bond donors (Lipinski definition) is 5. The number of aliphatic hydroxyl groups is 4. The van der Waals surface area contributed by atoms with E-state index in [-0.39, 0.29) is 19.8 Å². The van der Waals surface area contributed by atoms with Gasteiger partial charge < -0.3 is 34.9 Å². The number of nitrogens with one attached hydrogen (secondary N) is 1. The number of rotatable bonds is 1. The lowest BCUT2D eigenvalue weighted by Gasteiger charge is -2.42. The molecule has 0 amide bonds. The van der Waals surface area contributed by atoms with Gasteiger partial charge in [-0.2, -0.15) is 0 Å². The van der Waals surface area contributed by atoms with E-state index in [1.54, 1.807) is 6.07 Å². The highest BCUT2D eigenvalue weighted by Crippen LogP contribution is 2.45. The first-order valence-electron chi connectivity index (χ1n) is 7.13. The maximum Gasteiger partial charge on any atom is 0.225 e. The first-order valence-corrected chi connectivity index (χ1v) is 7.13. The lowest BCUT2D eigenvalue weighted by molar-refractivity contribution is -0.342. The molecule has 1 aromatic carbocycles. The Labute approximate surface area is 125 Å². The highest BCUT2D eigenvalue weighted by Gasteiger charge is 2.55. The Bertz CT molecular complexity index is 728. The third-order valence-electron chi connectivity index (χ3n) is 4.46. The average Bonchev–Trinajstić information content (AvgIpc) is 3.08.